The van der Waals surface area contributed by atoms with Crippen molar-refractivity contribution in [3.05, 3.63) is 60.2 Å². The molecule has 1 aliphatic heterocycles. The van der Waals surface area contributed by atoms with Gasteiger partial charge in [0.05, 0.1) is 5.75 Å². The Balaban J connectivity index is 1.54. The number of hydrogen-bond acceptors (Lipinski definition) is 4. The van der Waals surface area contributed by atoms with Gasteiger partial charge < -0.3 is 15.5 Å². The minimum absolute atomic E-state index is 0.0800. The average Bonchev–Trinajstić information content (AvgIpc) is 2.73. The van der Waals surface area contributed by atoms with E-state index in [-0.39, 0.29) is 29.1 Å². The SMILES string of the molecule is CN=C(NCCS(=O)(=O)c1ccccc1F)NC1CCCN(c2cccc(F)c2)C1. The first-order chi connectivity index (χ1) is 14.4. The van der Waals surface area contributed by atoms with Crippen molar-refractivity contribution >= 4 is 21.5 Å². The molecule has 0 saturated carbocycles. The molecule has 1 unspecified atom stereocenters. The summed E-state index contributed by atoms with van der Waals surface area (Å²) in [5, 5.41) is 6.28. The summed E-state index contributed by atoms with van der Waals surface area (Å²) in [4.78, 5) is 5.96. The Bertz CT molecular complexity index is 998. The lowest BCUT2D eigenvalue weighted by atomic mass is 10.0. The second-order valence-corrected chi connectivity index (χ2v) is 9.24. The molecular formula is C21H26F2N4O2S. The number of halogens is 2. The van der Waals surface area contributed by atoms with E-state index in [1.807, 2.05) is 6.07 Å². The fourth-order valence-corrected chi connectivity index (χ4v) is 4.74. The zero-order valence-corrected chi connectivity index (χ0v) is 17.6. The monoisotopic (exact) mass is 436 g/mol. The number of nitrogens with one attached hydrogen (secondary N) is 2. The Kier molecular flexibility index (Phi) is 7.25. The molecule has 0 spiro atoms. The Morgan fingerprint density at radius 3 is 2.73 bits per heavy atom. The van der Waals surface area contributed by atoms with Crippen LogP contribution in [-0.4, -0.2) is 52.9 Å². The molecular weight excluding hydrogens is 410 g/mol. The number of rotatable bonds is 6. The first-order valence-corrected chi connectivity index (χ1v) is 11.5. The summed E-state index contributed by atoms with van der Waals surface area (Å²) in [6.07, 6.45) is 1.85. The molecule has 30 heavy (non-hydrogen) atoms. The van der Waals surface area contributed by atoms with Gasteiger partial charge in [0.15, 0.2) is 15.8 Å². The van der Waals surface area contributed by atoms with Gasteiger partial charge in [0, 0.05) is 38.4 Å². The molecule has 6 nitrogen and oxygen atoms in total. The van der Waals surface area contributed by atoms with Crippen LogP contribution in [0.2, 0.25) is 0 Å². The van der Waals surface area contributed by atoms with E-state index in [1.54, 1.807) is 13.1 Å². The topological polar surface area (TPSA) is 73.8 Å². The fraction of sp³-hybridized carbons (Fsp3) is 0.381. The number of nitrogens with zero attached hydrogens (tertiary/aromatic N) is 2. The van der Waals surface area contributed by atoms with Crippen LogP contribution in [0, 0.1) is 11.6 Å². The van der Waals surface area contributed by atoms with Crippen molar-refractivity contribution in [1.29, 1.82) is 0 Å². The van der Waals surface area contributed by atoms with Crippen LogP contribution in [0.15, 0.2) is 58.4 Å². The number of piperidine rings is 1. The van der Waals surface area contributed by atoms with Gasteiger partial charge >= 0.3 is 0 Å². The lowest BCUT2D eigenvalue weighted by Crippen LogP contribution is -2.51. The number of guanidine groups is 1. The normalized spacial score (nSPS) is 17.6. The highest BCUT2D eigenvalue weighted by molar-refractivity contribution is 7.91. The van der Waals surface area contributed by atoms with Crippen molar-refractivity contribution in [3.8, 4) is 0 Å². The van der Waals surface area contributed by atoms with E-state index >= 15 is 0 Å². The molecule has 3 rings (SSSR count). The molecule has 162 valence electrons. The minimum Gasteiger partial charge on any atom is -0.369 e. The van der Waals surface area contributed by atoms with Crippen molar-refractivity contribution in [2.75, 3.05) is 37.3 Å². The molecule has 2 N–H and O–H groups in total. The van der Waals surface area contributed by atoms with Crippen LogP contribution in [0.3, 0.4) is 0 Å². The second kappa shape index (κ2) is 9.88. The second-order valence-electron chi connectivity index (χ2n) is 7.16. The third-order valence-corrected chi connectivity index (χ3v) is 6.74. The summed E-state index contributed by atoms with van der Waals surface area (Å²) in [5.41, 5.74) is 0.834. The maximum atomic E-state index is 13.8. The van der Waals surface area contributed by atoms with Crippen molar-refractivity contribution in [3.63, 3.8) is 0 Å². The van der Waals surface area contributed by atoms with E-state index in [0.29, 0.717) is 12.5 Å². The van der Waals surface area contributed by atoms with Gasteiger partial charge in [0.2, 0.25) is 0 Å². The minimum atomic E-state index is -3.74. The molecule has 2 aromatic rings. The first-order valence-electron chi connectivity index (χ1n) is 9.84. The molecule has 1 saturated heterocycles. The van der Waals surface area contributed by atoms with Gasteiger partial charge in [0.1, 0.15) is 16.5 Å². The highest BCUT2D eigenvalue weighted by Gasteiger charge is 2.22. The molecule has 0 bridgehead atoms. The Morgan fingerprint density at radius 2 is 2.00 bits per heavy atom. The lowest BCUT2D eigenvalue weighted by molar-refractivity contribution is 0.468. The van der Waals surface area contributed by atoms with E-state index in [1.165, 1.54) is 30.3 Å². The van der Waals surface area contributed by atoms with Crippen LogP contribution in [0.1, 0.15) is 12.8 Å². The van der Waals surface area contributed by atoms with Crippen LogP contribution in [-0.2, 0) is 9.84 Å². The van der Waals surface area contributed by atoms with E-state index in [4.69, 9.17) is 0 Å². The molecule has 0 aromatic heterocycles. The van der Waals surface area contributed by atoms with Gasteiger partial charge in [-0.3, -0.25) is 4.99 Å². The van der Waals surface area contributed by atoms with Crippen LogP contribution in [0.4, 0.5) is 14.5 Å². The highest BCUT2D eigenvalue weighted by Crippen LogP contribution is 2.20. The van der Waals surface area contributed by atoms with Gasteiger partial charge in [-0.1, -0.05) is 18.2 Å². The Morgan fingerprint density at radius 1 is 1.20 bits per heavy atom. The van der Waals surface area contributed by atoms with E-state index in [9.17, 15) is 17.2 Å². The third-order valence-electron chi connectivity index (χ3n) is 4.99. The van der Waals surface area contributed by atoms with E-state index in [0.717, 1.165) is 31.1 Å². The number of benzene rings is 2. The maximum Gasteiger partial charge on any atom is 0.191 e. The lowest BCUT2D eigenvalue weighted by Gasteiger charge is -2.35. The van der Waals surface area contributed by atoms with Crippen molar-refractivity contribution < 1.29 is 17.2 Å². The Labute approximate surface area is 175 Å². The van der Waals surface area contributed by atoms with Gasteiger partial charge in [-0.05, 0) is 43.2 Å². The highest BCUT2D eigenvalue weighted by atomic mass is 32.2. The molecule has 1 fully saturated rings. The maximum absolute atomic E-state index is 13.8. The summed E-state index contributed by atoms with van der Waals surface area (Å²) < 4.78 is 52.0. The zero-order valence-electron chi connectivity index (χ0n) is 16.8. The van der Waals surface area contributed by atoms with Crippen LogP contribution in [0.5, 0.6) is 0 Å². The van der Waals surface area contributed by atoms with Crippen molar-refractivity contribution in [2.24, 2.45) is 4.99 Å². The van der Waals surface area contributed by atoms with Crippen LogP contribution in [0.25, 0.3) is 0 Å². The van der Waals surface area contributed by atoms with E-state index < -0.39 is 15.7 Å². The first kappa shape index (κ1) is 22.0. The number of hydrogen-bond donors (Lipinski definition) is 2. The summed E-state index contributed by atoms with van der Waals surface area (Å²) in [6.45, 7) is 1.61. The number of anilines is 1. The molecule has 2 aromatic carbocycles. The molecule has 1 atom stereocenters. The molecule has 9 heteroatoms. The van der Waals surface area contributed by atoms with Crippen LogP contribution >= 0.6 is 0 Å². The molecule has 0 radical (unpaired) electrons. The predicted octanol–water partition coefficient (Wildman–Crippen LogP) is 2.57. The van der Waals surface area contributed by atoms with Gasteiger partial charge in [-0.15, -0.1) is 0 Å². The standard InChI is InChI=1S/C21H26F2N4O2S/c1-24-21(25-11-13-30(28,29)20-10-3-2-9-19(20)23)26-17-7-5-12-27(15-17)18-8-4-6-16(22)14-18/h2-4,6,8-10,14,17H,5,7,11-13,15H2,1H3,(H2,24,25,26). The smallest absolute Gasteiger partial charge is 0.191 e. The summed E-state index contributed by atoms with van der Waals surface area (Å²) in [6, 6.07) is 11.9. The summed E-state index contributed by atoms with van der Waals surface area (Å²) in [7, 11) is -2.14. The molecule has 0 aliphatic carbocycles. The predicted molar refractivity (Wildman–Crippen MR) is 115 cm³/mol. The largest absolute Gasteiger partial charge is 0.369 e. The number of aliphatic imine (C=N–C) groups is 1. The van der Waals surface area contributed by atoms with Gasteiger partial charge in [-0.2, -0.15) is 0 Å². The fourth-order valence-electron chi connectivity index (χ4n) is 3.50. The van der Waals surface area contributed by atoms with Gasteiger partial charge in [-0.25, -0.2) is 17.2 Å². The summed E-state index contributed by atoms with van der Waals surface area (Å²) >= 11 is 0. The van der Waals surface area contributed by atoms with E-state index in [2.05, 4.69) is 20.5 Å². The zero-order chi connectivity index (χ0) is 21.6. The molecule has 1 aliphatic rings. The molecule has 0 amide bonds. The summed E-state index contributed by atoms with van der Waals surface area (Å²) in [5.74, 6) is -0.796. The van der Waals surface area contributed by atoms with Gasteiger partial charge in [0.25, 0.3) is 0 Å². The van der Waals surface area contributed by atoms with Crippen LogP contribution < -0.4 is 15.5 Å². The van der Waals surface area contributed by atoms with Crippen molar-refractivity contribution in [1.82, 2.24) is 10.6 Å². The third kappa shape index (κ3) is 5.69. The van der Waals surface area contributed by atoms with Crippen molar-refractivity contribution in [2.45, 2.75) is 23.8 Å². The average molecular weight is 437 g/mol. The molecule has 1 heterocycles. The number of sulfone groups is 1. The Hall–Kier alpha value is -2.68. The quantitative estimate of drug-likeness (QED) is 0.538.